The fourth-order valence-corrected chi connectivity index (χ4v) is 2.42. The number of hydrogen-bond acceptors (Lipinski definition) is 5. The van der Waals surface area contributed by atoms with Gasteiger partial charge in [-0.15, -0.1) is 0 Å². The van der Waals surface area contributed by atoms with Crippen LogP contribution in [0.25, 0.3) is 0 Å². The third kappa shape index (κ3) is 4.03. The van der Waals surface area contributed by atoms with E-state index in [0.29, 0.717) is 22.2 Å². The first kappa shape index (κ1) is 17.1. The number of anilines is 1. The smallest absolute Gasteiger partial charge is 0.351 e. The maximum atomic E-state index is 12.2. The summed E-state index contributed by atoms with van der Waals surface area (Å²) in [6.07, 6.45) is -1.94. The standard InChI is InChI=1S/C18H16ClNO5/c1-11(17(21)20-13-7-3-2-6-12(13)19)24-18(22)16-10-23-14-8-4-5-9-15(14)25-16/h2-9,11,16H,10H2,1H3,(H,20,21)/t11-,16+/m0/s1. The molecule has 0 bridgehead atoms. The minimum atomic E-state index is -1.01. The lowest BCUT2D eigenvalue weighted by Gasteiger charge is -2.25. The first-order chi connectivity index (χ1) is 12.0. The zero-order valence-electron chi connectivity index (χ0n) is 13.4. The summed E-state index contributed by atoms with van der Waals surface area (Å²) in [5, 5.41) is 3.01. The molecule has 1 aliphatic rings. The SMILES string of the molecule is C[C@H](OC(=O)[C@H]1COc2ccccc2O1)C(=O)Nc1ccccc1Cl. The summed E-state index contributed by atoms with van der Waals surface area (Å²) in [6, 6.07) is 13.8. The first-order valence-corrected chi connectivity index (χ1v) is 8.07. The number of ether oxygens (including phenoxy) is 3. The van der Waals surface area contributed by atoms with Crippen LogP contribution in [0.3, 0.4) is 0 Å². The van der Waals surface area contributed by atoms with Crippen LogP contribution in [0, 0.1) is 0 Å². The lowest BCUT2D eigenvalue weighted by molar-refractivity contribution is -0.162. The Kier molecular flexibility index (Phi) is 5.09. The number of esters is 1. The second-order valence-corrected chi connectivity index (χ2v) is 5.82. The van der Waals surface area contributed by atoms with Crippen molar-refractivity contribution in [2.24, 2.45) is 0 Å². The topological polar surface area (TPSA) is 73.9 Å². The number of rotatable bonds is 4. The Morgan fingerprint density at radius 3 is 2.60 bits per heavy atom. The molecular weight excluding hydrogens is 346 g/mol. The molecule has 7 heteroatoms. The molecule has 130 valence electrons. The van der Waals surface area contributed by atoms with E-state index in [0.717, 1.165) is 0 Å². The number of carbonyl (C=O) groups excluding carboxylic acids is 2. The lowest BCUT2D eigenvalue weighted by atomic mass is 10.2. The van der Waals surface area contributed by atoms with Gasteiger partial charge in [0.2, 0.25) is 6.10 Å². The van der Waals surface area contributed by atoms with E-state index in [1.54, 1.807) is 42.5 Å². The van der Waals surface area contributed by atoms with Gasteiger partial charge in [0, 0.05) is 0 Å². The number of carbonyl (C=O) groups is 2. The molecule has 6 nitrogen and oxygen atoms in total. The highest BCUT2D eigenvalue weighted by Crippen LogP contribution is 2.31. The average molecular weight is 362 g/mol. The number of halogens is 1. The van der Waals surface area contributed by atoms with Crippen molar-refractivity contribution in [3.05, 3.63) is 53.6 Å². The molecule has 0 fully saturated rings. The Balaban J connectivity index is 1.57. The van der Waals surface area contributed by atoms with Gasteiger partial charge in [-0.1, -0.05) is 35.9 Å². The van der Waals surface area contributed by atoms with Gasteiger partial charge in [0.05, 0.1) is 10.7 Å². The summed E-state index contributed by atoms with van der Waals surface area (Å²) >= 11 is 5.99. The second-order valence-electron chi connectivity index (χ2n) is 5.41. The maximum absolute atomic E-state index is 12.2. The number of fused-ring (bicyclic) bond motifs is 1. The first-order valence-electron chi connectivity index (χ1n) is 7.69. The highest BCUT2D eigenvalue weighted by molar-refractivity contribution is 6.33. The molecule has 0 radical (unpaired) electrons. The minimum absolute atomic E-state index is 0.0225. The van der Waals surface area contributed by atoms with Crippen molar-refractivity contribution in [3.63, 3.8) is 0 Å². The largest absolute Gasteiger partial charge is 0.485 e. The molecule has 2 aromatic carbocycles. The van der Waals surface area contributed by atoms with E-state index in [-0.39, 0.29) is 6.61 Å². The number of nitrogens with one attached hydrogen (secondary N) is 1. The zero-order chi connectivity index (χ0) is 17.8. The fraction of sp³-hybridized carbons (Fsp3) is 0.222. The molecule has 0 saturated carbocycles. The predicted octanol–water partition coefficient (Wildman–Crippen LogP) is 3.05. The van der Waals surface area contributed by atoms with Crippen molar-refractivity contribution in [1.29, 1.82) is 0 Å². The monoisotopic (exact) mass is 361 g/mol. The highest BCUT2D eigenvalue weighted by atomic mass is 35.5. The van der Waals surface area contributed by atoms with E-state index >= 15 is 0 Å². The van der Waals surface area contributed by atoms with Crippen LogP contribution < -0.4 is 14.8 Å². The van der Waals surface area contributed by atoms with Crippen LogP contribution in [0.4, 0.5) is 5.69 Å². The Morgan fingerprint density at radius 1 is 1.16 bits per heavy atom. The van der Waals surface area contributed by atoms with E-state index in [1.165, 1.54) is 6.92 Å². The molecule has 3 rings (SSSR count). The molecule has 2 atom stereocenters. The van der Waals surface area contributed by atoms with E-state index in [9.17, 15) is 9.59 Å². The van der Waals surface area contributed by atoms with E-state index in [2.05, 4.69) is 5.32 Å². The Bertz CT molecular complexity index is 795. The minimum Gasteiger partial charge on any atom is -0.485 e. The van der Waals surface area contributed by atoms with Crippen LogP contribution in [0.2, 0.25) is 5.02 Å². The molecule has 1 heterocycles. The number of para-hydroxylation sites is 3. The Morgan fingerprint density at radius 2 is 1.84 bits per heavy atom. The van der Waals surface area contributed by atoms with Crippen molar-refractivity contribution in [1.82, 2.24) is 0 Å². The average Bonchev–Trinajstić information content (AvgIpc) is 2.63. The van der Waals surface area contributed by atoms with Gasteiger partial charge < -0.3 is 19.5 Å². The van der Waals surface area contributed by atoms with E-state index in [1.807, 2.05) is 6.07 Å². The van der Waals surface area contributed by atoms with Crippen molar-refractivity contribution in [2.75, 3.05) is 11.9 Å². The molecule has 0 saturated heterocycles. The summed E-state index contributed by atoms with van der Waals surface area (Å²) < 4.78 is 16.2. The van der Waals surface area contributed by atoms with Crippen LogP contribution in [0.1, 0.15) is 6.92 Å². The molecule has 0 aliphatic carbocycles. The van der Waals surface area contributed by atoms with Gasteiger partial charge in [-0.25, -0.2) is 4.79 Å². The summed E-state index contributed by atoms with van der Waals surface area (Å²) in [4.78, 5) is 24.4. The summed E-state index contributed by atoms with van der Waals surface area (Å²) in [5.41, 5.74) is 0.447. The van der Waals surface area contributed by atoms with Gasteiger partial charge in [-0.05, 0) is 31.2 Å². The molecule has 0 unspecified atom stereocenters. The van der Waals surface area contributed by atoms with Crippen LogP contribution in [0.5, 0.6) is 11.5 Å². The molecule has 2 aromatic rings. The molecule has 25 heavy (non-hydrogen) atoms. The summed E-state index contributed by atoms with van der Waals surface area (Å²) in [5.74, 6) is -0.130. The van der Waals surface area contributed by atoms with Crippen LogP contribution in [-0.2, 0) is 14.3 Å². The zero-order valence-corrected chi connectivity index (χ0v) is 14.2. The van der Waals surface area contributed by atoms with Gasteiger partial charge in [-0.3, -0.25) is 4.79 Å². The van der Waals surface area contributed by atoms with Crippen molar-refractivity contribution >= 4 is 29.2 Å². The highest BCUT2D eigenvalue weighted by Gasteiger charge is 2.31. The van der Waals surface area contributed by atoms with Gasteiger partial charge in [0.15, 0.2) is 17.6 Å². The molecule has 1 aliphatic heterocycles. The predicted molar refractivity (Wildman–Crippen MR) is 92.0 cm³/mol. The van der Waals surface area contributed by atoms with Crippen molar-refractivity contribution < 1.29 is 23.8 Å². The van der Waals surface area contributed by atoms with E-state index in [4.69, 9.17) is 25.8 Å². The molecular formula is C18H16ClNO5. The molecule has 1 amide bonds. The van der Waals surface area contributed by atoms with Gasteiger partial charge in [-0.2, -0.15) is 0 Å². The Hall–Kier alpha value is -2.73. The maximum Gasteiger partial charge on any atom is 0.351 e. The summed E-state index contributed by atoms with van der Waals surface area (Å²) in [6.45, 7) is 1.50. The summed E-state index contributed by atoms with van der Waals surface area (Å²) in [7, 11) is 0. The Labute approximate surface area is 149 Å². The van der Waals surface area contributed by atoms with Crippen molar-refractivity contribution in [2.45, 2.75) is 19.1 Å². The van der Waals surface area contributed by atoms with Gasteiger partial charge in [0.1, 0.15) is 6.61 Å². The molecule has 1 N–H and O–H groups in total. The molecule has 0 spiro atoms. The molecule has 0 aromatic heterocycles. The van der Waals surface area contributed by atoms with Crippen LogP contribution in [0.15, 0.2) is 48.5 Å². The third-order valence-electron chi connectivity index (χ3n) is 3.57. The number of hydrogen-bond donors (Lipinski definition) is 1. The third-order valence-corrected chi connectivity index (χ3v) is 3.89. The quantitative estimate of drug-likeness (QED) is 0.847. The fourth-order valence-electron chi connectivity index (χ4n) is 2.24. The number of amides is 1. The van der Waals surface area contributed by atoms with Gasteiger partial charge in [0.25, 0.3) is 5.91 Å². The van der Waals surface area contributed by atoms with Gasteiger partial charge >= 0.3 is 5.97 Å². The van der Waals surface area contributed by atoms with E-state index < -0.39 is 24.1 Å². The van der Waals surface area contributed by atoms with Crippen LogP contribution >= 0.6 is 11.6 Å². The van der Waals surface area contributed by atoms with Crippen LogP contribution in [-0.4, -0.2) is 30.7 Å². The normalized spacial score (nSPS) is 16.6. The second kappa shape index (κ2) is 7.44. The van der Waals surface area contributed by atoms with Crippen molar-refractivity contribution in [3.8, 4) is 11.5 Å². The number of benzene rings is 2. The lowest BCUT2D eigenvalue weighted by Crippen LogP contribution is -2.41.